The van der Waals surface area contributed by atoms with Crippen molar-refractivity contribution in [2.24, 2.45) is 7.05 Å². The molecule has 0 radical (unpaired) electrons. The number of aryl methyl sites for hydroxylation is 3. The van der Waals surface area contributed by atoms with Crippen LogP contribution in [0.1, 0.15) is 71.4 Å². The third-order valence-electron chi connectivity index (χ3n) is 9.31. The van der Waals surface area contributed by atoms with Crippen molar-refractivity contribution in [1.29, 1.82) is 0 Å². The minimum atomic E-state index is -3.88. The summed E-state index contributed by atoms with van der Waals surface area (Å²) in [7, 11) is -2.05. The van der Waals surface area contributed by atoms with E-state index in [-0.39, 0.29) is 30.3 Å². The fraction of sp³-hybridized carbons (Fsp3) is 0.419. The molecule has 11 heteroatoms. The number of benzene rings is 2. The molecule has 1 N–H and O–H groups in total. The second-order valence-electron chi connectivity index (χ2n) is 11.9. The number of ether oxygens (including phenoxy) is 1. The van der Waals surface area contributed by atoms with Gasteiger partial charge in [-0.1, -0.05) is 23.4 Å². The number of aliphatic carboxylic acids is 1. The number of hydrogen-bond donors (Lipinski definition) is 1. The van der Waals surface area contributed by atoms with E-state index in [2.05, 4.69) is 21.4 Å². The second kappa shape index (κ2) is 9.88. The molecule has 1 saturated carbocycles. The van der Waals surface area contributed by atoms with Gasteiger partial charge in [-0.05, 0) is 97.0 Å². The minimum absolute atomic E-state index is 0.0944. The highest BCUT2D eigenvalue weighted by Crippen LogP contribution is 2.44. The Balaban J connectivity index is 1.33. The molecular weight excluding hydrogens is 554 g/mol. The number of hydrogen-bond acceptors (Lipinski definition) is 7. The van der Waals surface area contributed by atoms with Crippen molar-refractivity contribution in [2.45, 2.75) is 74.8 Å². The summed E-state index contributed by atoms with van der Waals surface area (Å²) in [5.74, 6) is -1.15. The smallest absolute Gasteiger partial charge is 0.304 e. The Hall–Kier alpha value is -3.83. The van der Waals surface area contributed by atoms with Gasteiger partial charge in [0.2, 0.25) is 15.9 Å². The Kier molecular flexibility index (Phi) is 6.36. The molecule has 1 spiro atoms. The molecule has 4 aromatic rings. The molecule has 1 unspecified atom stereocenters. The number of pyridine rings is 1. The lowest BCUT2D eigenvalue weighted by Gasteiger charge is -2.42. The van der Waals surface area contributed by atoms with Gasteiger partial charge in [0, 0.05) is 25.7 Å². The topological polar surface area (TPSA) is 128 Å². The summed E-state index contributed by atoms with van der Waals surface area (Å²) in [5.41, 5.74) is 6.98. The van der Waals surface area contributed by atoms with E-state index in [4.69, 9.17) is 4.74 Å². The van der Waals surface area contributed by atoms with Gasteiger partial charge in [-0.3, -0.25) is 4.79 Å². The van der Waals surface area contributed by atoms with Gasteiger partial charge in [-0.25, -0.2) is 18.1 Å². The average molecular weight is 588 g/mol. The number of rotatable bonds is 6. The third kappa shape index (κ3) is 4.37. The van der Waals surface area contributed by atoms with Crippen molar-refractivity contribution in [3.8, 4) is 5.88 Å². The molecule has 1 aliphatic heterocycles. The number of carbonyl (C=O) groups is 1. The molecule has 0 bridgehead atoms. The Morgan fingerprint density at radius 3 is 2.76 bits per heavy atom. The molecule has 2 aromatic carbocycles. The zero-order chi connectivity index (χ0) is 29.2. The summed E-state index contributed by atoms with van der Waals surface area (Å²) in [6.07, 6.45) is 6.73. The van der Waals surface area contributed by atoms with Crippen molar-refractivity contribution in [1.82, 2.24) is 24.3 Å². The summed E-state index contributed by atoms with van der Waals surface area (Å²) in [6, 6.07) is 11.3. The second-order valence-corrected chi connectivity index (χ2v) is 13.8. The van der Waals surface area contributed by atoms with Crippen LogP contribution in [-0.2, 0) is 41.3 Å². The number of carboxylic acid groups (broad SMARTS) is 1. The summed E-state index contributed by atoms with van der Waals surface area (Å²) >= 11 is 0. The molecular formula is C31H33N5O5S. The maximum Gasteiger partial charge on any atom is 0.304 e. The lowest BCUT2D eigenvalue weighted by Crippen LogP contribution is -2.51. The molecule has 0 saturated heterocycles. The van der Waals surface area contributed by atoms with Crippen LogP contribution in [0.5, 0.6) is 5.88 Å². The highest BCUT2D eigenvalue weighted by atomic mass is 32.2. The molecule has 0 amide bonds. The van der Waals surface area contributed by atoms with Crippen LogP contribution >= 0.6 is 0 Å². The Bertz CT molecular complexity index is 1850. The van der Waals surface area contributed by atoms with Crippen LogP contribution in [0.2, 0.25) is 0 Å². The van der Waals surface area contributed by atoms with E-state index in [1.807, 2.05) is 32.2 Å². The Morgan fingerprint density at radius 1 is 1.17 bits per heavy atom. The van der Waals surface area contributed by atoms with Crippen molar-refractivity contribution in [3.05, 3.63) is 76.0 Å². The van der Waals surface area contributed by atoms with Crippen LogP contribution in [0.25, 0.3) is 11.0 Å². The van der Waals surface area contributed by atoms with Gasteiger partial charge in [0.05, 0.1) is 18.5 Å². The maximum absolute atomic E-state index is 14.0. The van der Waals surface area contributed by atoms with Crippen LogP contribution in [0.15, 0.2) is 47.5 Å². The first-order chi connectivity index (χ1) is 20.1. The van der Waals surface area contributed by atoms with Gasteiger partial charge >= 0.3 is 5.97 Å². The summed E-state index contributed by atoms with van der Waals surface area (Å²) < 4.78 is 37.6. The SMILES string of the molecule is Cc1c(C(CC(=O)O)c2cc3c(c(CN4CC5(CCC5)Oc5ncccc5S4(=O)=O)c2)CCC3)ccc2c1nnn2C. The van der Waals surface area contributed by atoms with Crippen LogP contribution in [0.4, 0.5) is 0 Å². The highest BCUT2D eigenvalue weighted by molar-refractivity contribution is 7.89. The minimum Gasteiger partial charge on any atom is -0.481 e. The third-order valence-corrected chi connectivity index (χ3v) is 11.1. The molecule has 2 aliphatic carbocycles. The Labute approximate surface area is 244 Å². The van der Waals surface area contributed by atoms with Crippen LogP contribution in [0.3, 0.4) is 0 Å². The molecule has 218 valence electrons. The molecule has 3 heterocycles. The van der Waals surface area contributed by atoms with Crippen molar-refractivity contribution in [2.75, 3.05) is 6.54 Å². The number of carboxylic acids is 1. The van der Waals surface area contributed by atoms with Gasteiger partial charge in [-0.2, -0.15) is 4.31 Å². The molecule has 1 atom stereocenters. The monoisotopic (exact) mass is 587 g/mol. The van der Waals surface area contributed by atoms with Crippen LogP contribution in [-0.4, -0.2) is 55.9 Å². The number of aromatic nitrogens is 4. The predicted molar refractivity (Wildman–Crippen MR) is 155 cm³/mol. The first kappa shape index (κ1) is 27.0. The van der Waals surface area contributed by atoms with E-state index < -0.39 is 27.5 Å². The zero-order valence-corrected chi connectivity index (χ0v) is 24.5. The zero-order valence-electron chi connectivity index (χ0n) is 23.7. The van der Waals surface area contributed by atoms with Gasteiger partial charge in [-0.15, -0.1) is 5.10 Å². The molecule has 3 aliphatic rings. The predicted octanol–water partition coefficient (Wildman–Crippen LogP) is 4.27. The van der Waals surface area contributed by atoms with E-state index in [9.17, 15) is 18.3 Å². The first-order valence-electron chi connectivity index (χ1n) is 14.4. The number of fused-ring (bicyclic) bond motifs is 3. The van der Waals surface area contributed by atoms with E-state index in [0.717, 1.165) is 71.8 Å². The lowest BCUT2D eigenvalue weighted by atomic mass is 9.79. The van der Waals surface area contributed by atoms with Gasteiger partial charge in [0.25, 0.3) is 0 Å². The normalized spacial score (nSPS) is 19.5. The van der Waals surface area contributed by atoms with E-state index in [1.54, 1.807) is 27.3 Å². The highest BCUT2D eigenvalue weighted by Gasteiger charge is 2.48. The molecule has 7 rings (SSSR count). The maximum atomic E-state index is 14.0. The molecule has 42 heavy (non-hydrogen) atoms. The van der Waals surface area contributed by atoms with Crippen LogP contribution in [0, 0.1) is 6.92 Å². The average Bonchev–Trinajstić information content (AvgIpc) is 3.55. The number of nitrogens with zero attached hydrogens (tertiary/aromatic N) is 5. The standard InChI is InChI=1S/C31H33N5O5S/c1-19-23(9-10-26-29(19)33-34-35(26)2)25(16-28(37)38)21-14-20-6-3-7-24(20)22(15-21)17-36-18-31(11-5-12-31)41-30-27(42(36,39)40)8-4-13-32-30/h4,8-10,13-15,25H,3,5-7,11-12,16-18H2,1-2H3,(H,37,38). The van der Waals surface area contributed by atoms with Crippen LogP contribution < -0.4 is 4.74 Å². The van der Waals surface area contributed by atoms with E-state index >= 15 is 0 Å². The molecule has 1 fully saturated rings. The first-order valence-corrected chi connectivity index (χ1v) is 15.9. The van der Waals surface area contributed by atoms with E-state index in [1.165, 1.54) is 11.1 Å². The Morgan fingerprint density at radius 2 is 2.00 bits per heavy atom. The largest absolute Gasteiger partial charge is 0.481 e. The quantitative estimate of drug-likeness (QED) is 0.354. The summed E-state index contributed by atoms with van der Waals surface area (Å²) in [4.78, 5) is 16.6. The van der Waals surface area contributed by atoms with Gasteiger partial charge < -0.3 is 9.84 Å². The lowest BCUT2D eigenvalue weighted by molar-refractivity contribution is -0.137. The summed E-state index contributed by atoms with van der Waals surface area (Å²) in [6.45, 7) is 2.41. The van der Waals surface area contributed by atoms with Gasteiger partial charge in [0.15, 0.2) is 0 Å². The fourth-order valence-corrected chi connectivity index (χ4v) is 8.53. The summed E-state index contributed by atoms with van der Waals surface area (Å²) in [5, 5.41) is 18.5. The molecule has 2 aromatic heterocycles. The van der Waals surface area contributed by atoms with Crippen molar-refractivity contribution >= 4 is 27.0 Å². The van der Waals surface area contributed by atoms with Crippen molar-refractivity contribution in [3.63, 3.8) is 0 Å². The van der Waals surface area contributed by atoms with Crippen molar-refractivity contribution < 1.29 is 23.1 Å². The fourth-order valence-electron chi connectivity index (χ4n) is 6.97. The number of sulfonamides is 1. The molecule has 10 nitrogen and oxygen atoms in total. The van der Waals surface area contributed by atoms with E-state index in [0.29, 0.717) is 0 Å². The van der Waals surface area contributed by atoms with Gasteiger partial charge in [0.1, 0.15) is 16.0 Å².